The van der Waals surface area contributed by atoms with Gasteiger partial charge in [0.2, 0.25) is 23.6 Å². The Bertz CT molecular complexity index is 1300. The lowest BCUT2D eigenvalue weighted by molar-refractivity contribution is -0.142. The van der Waals surface area contributed by atoms with Gasteiger partial charge in [-0.25, -0.2) is 9.59 Å². The molecule has 0 aliphatic rings. The molecule has 330 valence electrons. The van der Waals surface area contributed by atoms with Gasteiger partial charge in [-0.2, -0.15) is 0 Å². The normalized spacial score (nSPS) is 12.0. The average Bonchev–Trinajstić information content (AvgIpc) is 3.18. The van der Waals surface area contributed by atoms with Crippen LogP contribution < -0.4 is 31.7 Å². The second-order valence-corrected chi connectivity index (χ2v) is 13.8. The summed E-state index contributed by atoms with van der Waals surface area (Å²) >= 11 is 0. The third-order valence-corrected chi connectivity index (χ3v) is 8.47. The van der Waals surface area contributed by atoms with E-state index in [0.717, 1.165) is 57.8 Å². The fourth-order valence-electron chi connectivity index (χ4n) is 5.26. The number of carbonyl (C=O) groups excluding carboxylic acids is 4. The van der Waals surface area contributed by atoms with Crippen LogP contribution in [0.3, 0.4) is 0 Å². The summed E-state index contributed by atoms with van der Waals surface area (Å²) in [6.45, 7) is 4.79. The number of carbonyl (C=O) groups is 6. The summed E-state index contributed by atoms with van der Waals surface area (Å²) in [5.74, 6) is -2.75. The Morgan fingerprint density at radius 1 is 0.569 bits per heavy atom. The summed E-state index contributed by atoms with van der Waals surface area (Å²) in [7, 11) is 0. The number of carboxylic acids is 2. The van der Waals surface area contributed by atoms with Crippen LogP contribution in [0.25, 0.3) is 0 Å². The summed E-state index contributed by atoms with van der Waals surface area (Å²) in [5.41, 5.74) is 5.91. The van der Waals surface area contributed by atoms with E-state index < -0.39 is 18.0 Å². The van der Waals surface area contributed by atoms with Gasteiger partial charge in [-0.15, -0.1) is 0 Å². The van der Waals surface area contributed by atoms with Crippen molar-refractivity contribution in [1.29, 1.82) is 0 Å². The maximum absolute atomic E-state index is 12.3. The SMILES string of the molecule is CC(N)CCCCNC(=O)COCCOCCNC(=O)COCCOCCNC(=O)CCC(NC(=O)CCCCCCCCCOc1ccc(C(=O)O)cc1)C(=O)O. The summed E-state index contributed by atoms with van der Waals surface area (Å²) in [5, 5.41) is 29.0. The first-order valence-corrected chi connectivity index (χ1v) is 20.3. The number of hydrogen-bond acceptors (Lipinski definition) is 12. The predicted octanol–water partition coefficient (Wildman–Crippen LogP) is 2.17. The van der Waals surface area contributed by atoms with Crippen LogP contribution >= 0.6 is 0 Å². The third kappa shape index (κ3) is 30.7. The molecule has 0 bridgehead atoms. The van der Waals surface area contributed by atoms with E-state index >= 15 is 0 Å². The van der Waals surface area contributed by atoms with Gasteiger partial charge in [0, 0.05) is 38.5 Å². The Balaban J connectivity index is 1.93. The van der Waals surface area contributed by atoms with Crippen molar-refractivity contribution in [3.8, 4) is 5.75 Å². The molecule has 8 N–H and O–H groups in total. The van der Waals surface area contributed by atoms with Gasteiger partial charge in [-0.3, -0.25) is 19.2 Å². The third-order valence-electron chi connectivity index (χ3n) is 8.47. The van der Waals surface area contributed by atoms with E-state index in [-0.39, 0.29) is 114 Å². The molecule has 2 unspecified atom stereocenters. The van der Waals surface area contributed by atoms with Crippen molar-refractivity contribution < 1.29 is 62.7 Å². The summed E-state index contributed by atoms with van der Waals surface area (Å²) in [6, 6.07) is 5.31. The number of rotatable bonds is 38. The molecule has 18 heteroatoms. The number of benzene rings is 1. The van der Waals surface area contributed by atoms with Gasteiger partial charge in [0.1, 0.15) is 25.0 Å². The molecule has 1 rings (SSSR count). The second kappa shape index (κ2) is 34.7. The maximum Gasteiger partial charge on any atom is 0.335 e. The van der Waals surface area contributed by atoms with E-state index in [1.54, 1.807) is 12.1 Å². The Kier molecular flexibility index (Phi) is 30.9. The first-order valence-electron chi connectivity index (χ1n) is 20.3. The van der Waals surface area contributed by atoms with E-state index in [1.807, 2.05) is 6.92 Å². The molecule has 0 aromatic heterocycles. The van der Waals surface area contributed by atoms with Gasteiger partial charge in [0.15, 0.2) is 0 Å². The van der Waals surface area contributed by atoms with Gasteiger partial charge in [0.25, 0.3) is 0 Å². The quantitative estimate of drug-likeness (QED) is 0.0472. The molecular weight excluding hydrogens is 758 g/mol. The van der Waals surface area contributed by atoms with Gasteiger partial charge in [0.05, 0.1) is 51.8 Å². The standard InChI is InChI=1S/C40H67N5O13/c1-31(41)11-8-9-19-42-37(48)29-56-27-26-55-24-21-44-38(49)30-57-28-25-54-23-20-43-35(46)18-17-34(40(52)53)45-36(47)12-7-5-3-2-4-6-10-22-58-33-15-13-32(14-16-33)39(50)51/h13-16,31,34H,2-12,17-30,41H2,1H3,(H,42,48)(H,43,46)(H,44,49)(H,45,47)(H,50,51)(H,52,53). The molecule has 18 nitrogen and oxygen atoms in total. The zero-order chi connectivity index (χ0) is 42.6. The van der Waals surface area contributed by atoms with Crippen molar-refractivity contribution in [1.82, 2.24) is 21.3 Å². The lowest BCUT2D eigenvalue weighted by atomic mass is 10.1. The zero-order valence-corrected chi connectivity index (χ0v) is 34.1. The van der Waals surface area contributed by atoms with E-state index in [2.05, 4.69) is 21.3 Å². The Morgan fingerprint density at radius 2 is 1.10 bits per heavy atom. The highest BCUT2D eigenvalue weighted by Gasteiger charge is 2.20. The lowest BCUT2D eigenvalue weighted by Crippen LogP contribution is -2.41. The van der Waals surface area contributed by atoms with E-state index in [0.29, 0.717) is 31.9 Å². The highest BCUT2D eigenvalue weighted by atomic mass is 16.5. The van der Waals surface area contributed by atoms with Gasteiger partial charge in [-0.05, 0) is 63.3 Å². The van der Waals surface area contributed by atoms with Crippen molar-refractivity contribution in [2.45, 2.75) is 102 Å². The molecule has 0 saturated heterocycles. The monoisotopic (exact) mass is 825 g/mol. The Hall–Kier alpha value is -4.36. The number of ether oxygens (including phenoxy) is 5. The van der Waals surface area contributed by atoms with Crippen LogP contribution in [0.5, 0.6) is 5.75 Å². The van der Waals surface area contributed by atoms with Crippen molar-refractivity contribution in [3.05, 3.63) is 29.8 Å². The molecular formula is C40H67N5O13. The lowest BCUT2D eigenvalue weighted by Gasteiger charge is -2.14. The van der Waals surface area contributed by atoms with Crippen LogP contribution in [0.4, 0.5) is 0 Å². The fourth-order valence-corrected chi connectivity index (χ4v) is 5.26. The van der Waals surface area contributed by atoms with Crippen molar-refractivity contribution in [2.24, 2.45) is 5.73 Å². The number of aromatic carboxylic acids is 1. The molecule has 0 fully saturated rings. The fraction of sp³-hybridized carbons (Fsp3) is 0.700. The average molecular weight is 826 g/mol. The topological polar surface area (TPSA) is 263 Å². The molecule has 1 aromatic rings. The van der Waals surface area contributed by atoms with Gasteiger partial charge in [-0.1, -0.05) is 38.5 Å². The minimum Gasteiger partial charge on any atom is -0.494 e. The van der Waals surface area contributed by atoms with Crippen LogP contribution in [-0.4, -0.2) is 137 Å². The highest BCUT2D eigenvalue weighted by molar-refractivity contribution is 5.87. The van der Waals surface area contributed by atoms with Crippen molar-refractivity contribution >= 4 is 35.6 Å². The number of hydrogen-bond donors (Lipinski definition) is 7. The highest BCUT2D eigenvalue weighted by Crippen LogP contribution is 2.14. The van der Waals surface area contributed by atoms with Crippen molar-refractivity contribution in [3.63, 3.8) is 0 Å². The first-order chi connectivity index (χ1) is 28.0. The Labute approximate surface area is 342 Å². The summed E-state index contributed by atoms with van der Waals surface area (Å²) in [6.07, 6.45) is 9.20. The smallest absolute Gasteiger partial charge is 0.335 e. The first kappa shape index (κ1) is 51.7. The van der Waals surface area contributed by atoms with Crippen LogP contribution in [0.15, 0.2) is 24.3 Å². The molecule has 58 heavy (non-hydrogen) atoms. The van der Waals surface area contributed by atoms with Crippen LogP contribution in [0.1, 0.15) is 101 Å². The van der Waals surface area contributed by atoms with Crippen LogP contribution in [0.2, 0.25) is 0 Å². The summed E-state index contributed by atoms with van der Waals surface area (Å²) < 4.78 is 26.9. The van der Waals surface area contributed by atoms with E-state index in [9.17, 15) is 33.9 Å². The number of unbranched alkanes of at least 4 members (excludes halogenated alkanes) is 7. The number of carboxylic acid groups (broad SMARTS) is 2. The predicted molar refractivity (Wildman–Crippen MR) is 214 cm³/mol. The van der Waals surface area contributed by atoms with Crippen LogP contribution in [0, 0.1) is 0 Å². The van der Waals surface area contributed by atoms with Gasteiger partial charge >= 0.3 is 11.9 Å². The van der Waals surface area contributed by atoms with E-state index in [4.69, 9.17) is 34.5 Å². The summed E-state index contributed by atoms with van der Waals surface area (Å²) in [4.78, 5) is 70.6. The second-order valence-electron chi connectivity index (χ2n) is 13.8. The van der Waals surface area contributed by atoms with Gasteiger partial charge < -0.3 is 60.9 Å². The molecule has 0 aliphatic heterocycles. The molecule has 4 amide bonds. The molecule has 1 aromatic carbocycles. The molecule has 0 heterocycles. The molecule has 2 atom stereocenters. The zero-order valence-electron chi connectivity index (χ0n) is 34.1. The van der Waals surface area contributed by atoms with Crippen LogP contribution in [-0.2, 0) is 42.9 Å². The van der Waals surface area contributed by atoms with E-state index in [1.165, 1.54) is 12.1 Å². The number of nitrogens with two attached hydrogens (primary N) is 1. The minimum atomic E-state index is -1.20. The number of nitrogens with one attached hydrogen (secondary N) is 4. The Morgan fingerprint density at radius 3 is 1.67 bits per heavy atom. The molecule has 0 radical (unpaired) electrons. The minimum absolute atomic E-state index is 0.0381. The number of amides is 4. The van der Waals surface area contributed by atoms with Crippen molar-refractivity contribution in [2.75, 3.05) is 79.1 Å². The molecule has 0 spiro atoms. The maximum atomic E-state index is 12.3. The number of aliphatic carboxylic acids is 1. The molecule has 0 aliphatic carbocycles. The molecule has 0 saturated carbocycles. The largest absolute Gasteiger partial charge is 0.494 e.